The Kier molecular flexibility index (Phi) is 11.2. The van der Waals surface area contributed by atoms with Gasteiger partial charge in [0.05, 0.1) is 7.11 Å². The summed E-state index contributed by atoms with van der Waals surface area (Å²) in [7, 11) is 1.40. The van der Waals surface area contributed by atoms with Gasteiger partial charge >= 0.3 is 5.97 Å². The fraction of sp³-hybridized carbons (Fsp3) is 0.933. The fourth-order valence-corrected chi connectivity index (χ4v) is 3.09. The number of methoxy groups -OCH3 is 1. The van der Waals surface area contributed by atoms with Gasteiger partial charge in [0, 0.05) is 12.8 Å². The number of halogens is 2. The number of rotatable bonds is 12. The molecule has 0 aliphatic heterocycles. The lowest BCUT2D eigenvalue weighted by molar-refractivity contribution is -0.140. The maximum Gasteiger partial charge on any atom is 0.318 e. The van der Waals surface area contributed by atoms with Crippen molar-refractivity contribution in [2.75, 3.05) is 12.9 Å². The van der Waals surface area contributed by atoms with Crippen molar-refractivity contribution in [3.05, 3.63) is 0 Å². The third kappa shape index (κ3) is 9.56. The van der Waals surface area contributed by atoms with Crippen LogP contribution in [0.15, 0.2) is 0 Å². The van der Waals surface area contributed by atoms with Gasteiger partial charge in [0.15, 0.2) is 0 Å². The van der Waals surface area contributed by atoms with Crippen LogP contribution in [-0.2, 0) is 9.53 Å². The van der Waals surface area contributed by atoms with Gasteiger partial charge in [0.2, 0.25) is 5.92 Å². The van der Waals surface area contributed by atoms with Gasteiger partial charge in [-0.1, -0.05) is 33.1 Å². The van der Waals surface area contributed by atoms with Gasteiger partial charge in [-0.25, -0.2) is 8.78 Å². The first-order valence-electron chi connectivity index (χ1n) is 7.54. The summed E-state index contributed by atoms with van der Waals surface area (Å²) in [4.78, 5) is 11.6. The van der Waals surface area contributed by atoms with E-state index in [1.165, 1.54) is 14.0 Å². The van der Waals surface area contributed by atoms with E-state index in [4.69, 9.17) is 4.74 Å². The number of carbonyl (C=O) groups excluding carboxylic acids is 1. The molecule has 0 aromatic rings. The van der Waals surface area contributed by atoms with E-state index in [-0.39, 0.29) is 24.1 Å². The van der Waals surface area contributed by atoms with Crippen molar-refractivity contribution in [3.8, 4) is 0 Å². The van der Waals surface area contributed by atoms with Crippen molar-refractivity contribution in [2.45, 2.75) is 76.4 Å². The van der Waals surface area contributed by atoms with E-state index in [2.05, 4.69) is 6.92 Å². The highest BCUT2D eigenvalue weighted by Crippen LogP contribution is 2.26. The molecule has 0 spiro atoms. The maximum atomic E-state index is 13.0. The number of hydrogen-bond acceptors (Lipinski definition) is 3. The topological polar surface area (TPSA) is 26.3 Å². The Balaban J connectivity index is 3.87. The Labute approximate surface area is 126 Å². The summed E-state index contributed by atoms with van der Waals surface area (Å²) in [6.07, 6.45) is 5.14. The predicted molar refractivity (Wildman–Crippen MR) is 81.5 cm³/mol. The zero-order chi connectivity index (χ0) is 15.4. The van der Waals surface area contributed by atoms with E-state index in [1.54, 1.807) is 11.8 Å². The Morgan fingerprint density at radius 2 is 1.90 bits per heavy atom. The molecular formula is C15H28F2O2S. The number of carbonyl (C=O) groups is 1. The van der Waals surface area contributed by atoms with Crippen LogP contribution in [0, 0.1) is 0 Å². The summed E-state index contributed by atoms with van der Waals surface area (Å²) in [5.74, 6) is -1.98. The molecule has 1 atom stereocenters. The van der Waals surface area contributed by atoms with Crippen LogP contribution in [0.4, 0.5) is 8.78 Å². The summed E-state index contributed by atoms with van der Waals surface area (Å²) in [6, 6.07) is 0. The minimum atomic E-state index is -2.53. The number of esters is 1. The molecule has 1 unspecified atom stereocenters. The molecule has 2 nitrogen and oxygen atoms in total. The van der Waals surface area contributed by atoms with Crippen LogP contribution in [0.25, 0.3) is 0 Å². The second kappa shape index (κ2) is 11.4. The quantitative estimate of drug-likeness (QED) is 0.372. The second-order valence-corrected chi connectivity index (χ2v) is 6.36. The first-order valence-corrected chi connectivity index (χ1v) is 8.59. The van der Waals surface area contributed by atoms with Crippen molar-refractivity contribution in [1.29, 1.82) is 0 Å². The van der Waals surface area contributed by atoms with Crippen molar-refractivity contribution in [2.24, 2.45) is 0 Å². The second-order valence-electron chi connectivity index (χ2n) is 5.04. The van der Waals surface area contributed by atoms with E-state index < -0.39 is 5.92 Å². The van der Waals surface area contributed by atoms with E-state index >= 15 is 0 Å². The predicted octanol–water partition coefficient (Wildman–Crippen LogP) is 5.06. The van der Waals surface area contributed by atoms with Crippen LogP contribution in [0.2, 0.25) is 0 Å². The molecule has 0 aromatic heterocycles. The molecule has 0 N–H and O–H groups in total. The van der Waals surface area contributed by atoms with Crippen molar-refractivity contribution in [3.63, 3.8) is 0 Å². The zero-order valence-corrected chi connectivity index (χ0v) is 13.7. The zero-order valence-electron chi connectivity index (χ0n) is 12.9. The van der Waals surface area contributed by atoms with Gasteiger partial charge in [-0.05, 0) is 25.0 Å². The number of alkyl halides is 2. The van der Waals surface area contributed by atoms with E-state index in [9.17, 15) is 13.6 Å². The van der Waals surface area contributed by atoms with Gasteiger partial charge in [0.25, 0.3) is 0 Å². The Hall–Kier alpha value is -0.320. The molecule has 0 aromatic carbocycles. The van der Waals surface area contributed by atoms with Crippen LogP contribution in [0.5, 0.6) is 0 Å². The molecule has 120 valence electrons. The standard InChI is InChI=1S/C15H28F2O2S/c1-4-6-7-10-13(14(18)19-3)20-12-9-8-11-15(16,17)5-2/h13H,4-12H2,1-3H3. The molecule has 0 saturated heterocycles. The molecular weight excluding hydrogens is 282 g/mol. The smallest absolute Gasteiger partial charge is 0.318 e. The van der Waals surface area contributed by atoms with Crippen molar-refractivity contribution in [1.82, 2.24) is 0 Å². The summed E-state index contributed by atoms with van der Waals surface area (Å²) < 4.78 is 30.9. The largest absolute Gasteiger partial charge is 0.468 e. The molecule has 0 saturated carbocycles. The average Bonchev–Trinajstić information content (AvgIpc) is 2.44. The highest BCUT2D eigenvalue weighted by Gasteiger charge is 2.25. The van der Waals surface area contributed by atoms with E-state index in [0.717, 1.165) is 37.9 Å². The summed E-state index contributed by atoms with van der Waals surface area (Å²) in [5.41, 5.74) is 0. The van der Waals surface area contributed by atoms with Crippen molar-refractivity contribution < 1.29 is 18.3 Å². The van der Waals surface area contributed by atoms with Crippen LogP contribution < -0.4 is 0 Å². The Bertz CT molecular complexity index is 260. The number of ether oxygens (including phenoxy) is 1. The molecule has 5 heteroatoms. The third-order valence-electron chi connectivity index (χ3n) is 3.31. The lowest BCUT2D eigenvalue weighted by Gasteiger charge is -2.15. The van der Waals surface area contributed by atoms with Gasteiger partial charge in [-0.2, -0.15) is 0 Å². The lowest BCUT2D eigenvalue weighted by atomic mass is 10.1. The number of hydrogen-bond donors (Lipinski definition) is 0. The molecule has 0 aliphatic rings. The molecule has 0 heterocycles. The molecule has 20 heavy (non-hydrogen) atoms. The van der Waals surface area contributed by atoms with Crippen LogP contribution in [-0.4, -0.2) is 30.0 Å². The maximum absolute atomic E-state index is 13.0. The molecule has 0 aliphatic carbocycles. The molecule has 0 fully saturated rings. The summed E-state index contributed by atoms with van der Waals surface area (Å²) in [6.45, 7) is 3.63. The van der Waals surface area contributed by atoms with E-state index in [0.29, 0.717) is 6.42 Å². The highest BCUT2D eigenvalue weighted by molar-refractivity contribution is 8.00. The molecule has 0 radical (unpaired) electrons. The minimum absolute atomic E-state index is 0.0528. The first-order chi connectivity index (χ1) is 9.46. The summed E-state index contributed by atoms with van der Waals surface area (Å²) >= 11 is 1.54. The molecule has 0 rings (SSSR count). The van der Waals surface area contributed by atoms with Gasteiger partial charge < -0.3 is 4.74 Å². The molecule has 0 amide bonds. The van der Waals surface area contributed by atoms with Crippen LogP contribution in [0.1, 0.15) is 65.2 Å². The Morgan fingerprint density at radius 3 is 2.45 bits per heavy atom. The van der Waals surface area contributed by atoms with Crippen molar-refractivity contribution >= 4 is 17.7 Å². The van der Waals surface area contributed by atoms with Crippen LogP contribution >= 0.6 is 11.8 Å². The van der Waals surface area contributed by atoms with Gasteiger partial charge in [-0.15, -0.1) is 11.8 Å². The molecule has 0 bridgehead atoms. The van der Waals surface area contributed by atoms with E-state index in [1.807, 2.05) is 0 Å². The Morgan fingerprint density at radius 1 is 1.20 bits per heavy atom. The third-order valence-corrected chi connectivity index (χ3v) is 4.66. The fourth-order valence-electron chi connectivity index (χ4n) is 1.87. The average molecular weight is 310 g/mol. The highest BCUT2D eigenvalue weighted by atomic mass is 32.2. The lowest BCUT2D eigenvalue weighted by Crippen LogP contribution is -2.19. The first kappa shape index (κ1) is 19.7. The van der Waals surface area contributed by atoms with Gasteiger partial charge in [0.1, 0.15) is 5.25 Å². The minimum Gasteiger partial charge on any atom is -0.468 e. The monoisotopic (exact) mass is 310 g/mol. The summed E-state index contributed by atoms with van der Waals surface area (Å²) in [5, 5.41) is -0.141. The normalized spacial score (nSPS) is 13.2. The SMILES string of the molecule is CCCCCC(SCCCCC(F)(F)CC)C(=O)OC. The number of thioether (sulfide) groups is 1. The van der Waals surface area contributed by atoms with Crippen LogP contribution in [0.3, 0.4) is 0 Å². The van der Waals surface area contributed by atoms with Gasteiger partial charge in [-0.3, -0.25) is 4.79 Å². The number of unbranched alkanes of at least 4 members (excludes halogenated alkanes) is 3.